The molecule has 2 N–H and O–H groups in total. The molecule has 0 bridgehead atoms. The van der Waals surface area contributed by atoms with Crippen LogP contribution in [-0.2, 0) is 14.6 Å². The van der Waals surface area contributed by atoms with E-state index < -0.39 is 20.5 Å². The Morgan fingerprint density at radius 2 is 2.18 bits per heavy atom. The van der Waals surface area contributed by atoms with Crippen LogP contribution in [0.2, 0.25) is 0 Å². The minimum Gasteiger partial charge on any atom is -0.515 e. The Labute approximate surface area is 129 Å². The van der Waals surface area contributed by atoms with Crippen LogP contribution in [0.25, 0.3) is 5.57 Å². The summed E-state index contributed by atoms with van der Waals surface area (Å²) in [5.41, 5.74) is 0.821. The van der Waals surface area contributed by atoms with Gasteiger partial charge < -0.3 is 9.63 Å². The molecule has 1 aliphatic rings. The second kappa shape index (κ2) is 5.75. The standard InChI is InChI=1S/C14H20N2O5S/c1-9(7-17)11-6-12(21-16-11)15-13(18)14(2,3)22(19,20)8-10-4-5-10/h6-7,10,17H,4-5,8H2,1-3H3,(H,15,18)/b9-7+. The Kier molecular flexibility index (Phi) is 4.32. The third-order valence-electron chi connectivity index (χ3n) is 3.82. The van der Waals surface area contributed by atoms with Gasteiger partial charge in [0.1, 0.15) is 10.4 Å². The maximum Gasteiger partial charge on any atom is 0.247 e. The highest BCUT2D eigenvalue weighted by Gasteiger charge is 2.44. The van der Waals surface area contributed by atoms with Gasteiger partial charge in [-0.05, 0) is 39.5 Å². The van der Waals surface area contributed by atoms with E-state index in [1.807, 2.05) is 0 Å². The number of amides is 1. The lowest BCUT2D eigenvalue weighted by Gasteiger charge is -2.22. The molecule has 1 fully saturated rings. The van der Waals surface area contributed by atoms with Crippen molar-refractivity contribution in [1.82, 2.24) is 5.16 Å². The fourth-order valence-corrected chi connectivity index (χ4v) is 3.50. The molecule has 8 heteroatoms. The Balaban J connectivity index is 2.11. The van der Waals surface area contributed by atoms with Crippen LogP contribution >= 0.6 is 0 Å². The van der Waals surface area contributed by atoms with Gasteiger partial charge in [0.25, 0.3) is 0 Å². The first kappa shape index (κ1) is 16.5. The van der Waals surface area contributed by atoms with Crippen molar-refractivity contribution < 1.29 is 22.8 Å². The Bertz CT molecular complexity index is 699. The summed E-state index contributed by atoms with van der Waals surface area (Å²) < 4.78 is 28.1. The molecule has 0 saturated heterocycles. The lowest BCUT2D eigenvalue weighted by atomic mass is 10.2. The van der Waals surface area contributed by atoms with Gasteiger partial charge in [0, 0.05) is 11.6 Å². The largest absolute Gasteiger partial charge is 0.515 e. The first-order valence-electron chi connectivity index (χ1n) is 6.99. The van der Waals surface area contributed by atoms with Crippen LogP contribution in [0.1, 0.15) is 39.3 Å². The summed E-state index contributed by atoms with van der Waals surface area (Å²) in [5, 5.41) is 15.0. The molecule has 1 aromatic rings. The Hall–Kier alpha value is -1.83. The summed E-state index contributed by atoms with van der Waals surface area (Å²) in [6.07, 6.45) is 2.66. The molecule has 2 rings (SSSR count). The molecule has 1 aromatic heterocycles. The van der Waals surface area contributed by atoms with Gasteiger partial charge in [-0.2, -0.15) is 0 Å². The number of rotatable bonds is 6. The average molecular weight is 328 g/mol. The summed E-state index contributed by atoms with van der Waals surface area (Å²) in [6, 6.07) is 1.42. The monoisotopic (exact) mass is 328 g/mol. The van der Waals surface area contributed by atoms with E-state index in [9.17, 15) is 13.2 Å². The normalized spacial score (nSPS) is 16.6. The van der Waals surface area contributed by atoms with Crippen LogP contribution in [-0.4, -0.2) is 35.1 Å². The first-order chi connectivity index (χ1) is 10.2. The number of allylic oxidation sites excluding steroid dienone is 1. The van der Waals surface area contributed by atoms with Crippen LogP contribution in [0.5, 0.6) is 0 Å². The number of anilines is 1. The number of sulfone groups is 1. The number of aromatic nitrogens is 1. The SMILES string of the molecule is C/C(=C\O)c1cc(NC(=O)C(C)(C)S(=O)(=O)CC2CC2)on1. The van der Waals surface area contributed by atoms with Crippen LogP contribution < -0.4 is 5.32 Å². The lowest BCUT2D eigenvalue weighted by Crippen LogP contribution is -2.45. The van der Waals surface area contributed by atoms with Gasteiger partial charge in [-0.15, -0.1) is 0 Å². The fourth-order valence-electron chi connectivity index (χ4n) is 1.79. The molecule has 122 valence electrons. The molecule has 0 atom stereocenters. The lowest BCUT2D eigenvalue weighted by molar-refractivity contribution is -0.118. The third kappa shape index (κ3) is 3.32. The Morgan fingerprint density at radius 1 is 1.55 bits per heavy atom. The summed E-state index contributed by atoms with van der Waals surface area (Å²) in [6.45, 7) is 4.39. The molecule has 1 saturated carbocycles. The van der Waals surface area contributed by atoms with Crippen molar-refractivity contribution in [2.24, 2.45) is 5.92 Å². The summed E-state index contributed by atoms with van der Waals surface area (Å²) in [4.78, 5) is 12.3. The molecule has 0 radical (unpaired) electrons. The zero-order valence-electron chi connectivity index (χ0n) is 12.8. The highest BCUT2D eigenvalue weighted by molar-refractivity contribution is 7.93. The van der Waals surface area contributed by atoms with Gasteiger partial charge in [0.2, 0.25) is 11.8 Å². The van der Waals surface area contributed by atoms with Crippen molar-refractivity contribution in [3.63, 3.8) is 0 Å². The molecule has 1 amide bonds. The fraction of sp³-hybridized carbons (Fsp3) is 0.571. The molecule has 1 aliphatic carbocycles. The number of hydrogen-bond acceptors (Lipinski definition) is 6. The topological polar surface area (TPSA) is 110 Å². The predicted octanol–water partition coefficient (Wildman–Crippen LogP) is 2.14. The molecule has 7 nitrogen and oxygen atoms in total. The first-order valence-corrected chi connectivity index (χ1v) is 8.64. The van der Waals surface area contributed by atoms with Gasteiger partial charge in [-0.25, -0.2) is 8.42 Å². The molecule has 0 aliphatic heterocycles. The summed E-state index contributed by atoms with van der Waals surface area (Å²) in [5.74, 6) is -0.426. The molecule has 22 heavy (non-hydrogen) atoms. The number of aliphatic hydroxyl groups is 1. The quantitative estimate of drug-likeness (QED) is 0.774. The van der Waals surface area contributed by atoms with Gasteiger partial charge in [-0.1, -0.05) is 5.16 Å². The van der Waals surface area contributed by atoms with Gasteiger partial charge >= 0.3 is 0 Å². The second-order valence-corrected chi connectivity index (χ2v) is 8.66. The molecular formula is C14H20N2O5S. The second-order valence-electron chi connectivity index (χ2n) is 6.08. The van der Waals surface area contributed by atoms with E-state index in [0.717, 1.165) is 19.1 Å². The zero-order chi connectivity index (χ0) is 16.5. The van der Waals surface area contributed by atoms with E-state index >= 15 is 0 Å². The molecular weight excluding hydrogens is 308 g/mol. The van der Waals surface area contributed by atoms with E-state index in [1.165, 1.54) is 19.9 Å². The van der Waals surface area contributed by atoms with Crippen molar-refractivity contribution in [2.45, 2.75) is 38.4 Å². The van der Waals surface area contributed by atoms with Crippen molar-refractivity contribution in [3.05, 3.63) is 18.0 Å². The summed E-state index contributed by atoms with van der Waals surface area (Å²) >= 11 is 0. The number of nitrogens with zero attached hydrogens (tertiary/aromatic N) is 1. The minimum atomic E-state index is -3.56. The van der Waals surface area contributed by atoms with Crippen molar-refractivity contribution in [2.75, 3.05) is 11.1 Å². The average Bonchev–Trinajstić information content (AvgIpc) is 3.12. The van der Waals surface area contributed by atoms with Crippen LogP contribution in [0, 0.1) is 5.92 Å². The molecule has 0 spiro atoms. The van der Waals surface area contributed by atoms with Gasteiger partial charge in [0.15, 0.2) is 9.84 Å². The van der Waals surface area contributed by atoms with E-state index in [0.29, 0.717) is 11.3 Å². The number of hydrogen-bond donors (Lipinski definition) is 2. The number of nitrogens with one attached hydrogen (secondary N) is 1. The van der Waals surface area contributed by atoms with Crippen LogP contribution in [0.3, 0.4) is 0 Å². The summed E-state index contributed by atoms with van der Waals surface area (Å²) in [7, 11) is -3.56. The van der Waals surface area contributed by atoms with Crippen molar-refractivity contribution in [1.29, 1.82) is 0 Å². The molecule has 1 heterocycles. The van der Waals surface area contributed by atoms with Gasteiger partial charge in [-0.3, -0.25) is 10.1 Å². The van der Waals surface area contributed by atoms with Gasteiger partial charge in [0.05, 0.1) is 12.0 Å². The highest BCUT2D eigenvalue weighted by Crippen LogP contribution is 2.34. The van der Waals surface area contributed by atoms with E-state index in [1.54, 1.807) is 6.92 Å². The highest BCUT2D eigenvalue weighted by atomic mass is 32.2. The number of aliphatic hydroxyl groups excluding tert-OH is 1. The van der Waals surface area contributed by atoms with Crippen LogP contribution in [0.4, 0.5) is 5.88 Å². The van der Waals surface area contributed by atoms with Crippen molar-refractivity contribution in [3.8, 4) is 0 Å². The maximum atomic E-state index is 12.3. The number of carbonyl (C=O) groups excluding carboxylic acids is 1. The minimum absolute atomic E-state index is 0.0292. The maximum absolute atomic E-state index is 12.3. The molecule has 0 aromatic carbocycles. The van der Waals surface area contributed by atoms with E-state index in [4.69, 9.17) is 9.63 Å². The van der Waals surface area contributed by atoms with E-state index in [2.05, 4.69) is 10.5 Å². The predicted molar refractivity (Wildman–Crippen MR) is 82.0 cm³/mol. The van der Waals surface area contributed by atoms with Crippen LogP contribution in [0.15, 0.2) is 16.9 Å². The van der Waals surface area contributed by atoms with Crippen molar-refractivity contribution >= 4 is 27.2 Å². The Morgan fingerprint density at radius 3 is 2.73 bits per heavy atom. The number of carbonyl (C=O) groups is 1. The molecule has 0 unspecified atom stereocenters. The smallest absolute Gasteiger partial charge is 0.247 e. The van der Waals surface area contributed by atoms with E-state index in [-0.39, 0.29) is 17.6 Å². The third-order valence-corrected chi connectivity index (χ3v) is 6.47. The zero-order valence-corrected chi connectivity index (χ0v) is 13.6.